The van der Waals surface area contributed by atoms with Gasteiger partial charge < -0.3 is 20.4 Å². The molecular formula is C29H52O4. The molecule has 192 valence electrons. The van der Waals surface area contributed by atoms with E-state index in [1.165, 1.54) is 0 Å². The number of fused-ring (bicyclic) bond motifs is 5. The van der Waals surface area contributed by atoms with Crippen LogP contribution in [-0.4, -0.2) is 44.3 Å². The van der Waals surface area contributed by atoms with E-state index >= 15 is 0 Å². The van der Waals surface area contributed by atoms with E-state index in [-0.39, 0.29) is 40.1 Å². The summed E-state index contributed by atoms with van der Waals surface area (Å²) in [5.74, 6) is 1.65. The summed E-state index contributed by atoms with van der Waals surface area (Å²) in [4.78, 5) is 0. The lowest BCUT2D eigenvalue weighted by atomic mass is 9.39. The molecule has 4 rings (SSSR count). The van der Waals surface area contributed by atoms with Gasteiger partial charge in [0, 0.05) is 0 Å². The summed E-state index contributed by atoms with van der Waals surface area (Å²) in [5, 5.41) is 45.6. The van der Waals surface area contributed by atoms with Crippen LogP contribution in [0, 0.1) is 51.8 Å². The van der Waals surface area contributed by atoms with Gasteiger partial charge in [-0.2, -0.15) is 0 Å². The molecule has 4 fully saturated rings. The molecule has 11 atom stereocenters. The lowest BCUT2D eigenvalue weighted by Gasteiger charge is -2.67. The standard InChI is InChI=1S/C29H52O4/c1-17(2)9-8-12-29(7,33)18-10-13-27(5)19-16-22(31)25-26(3,4)23(32)11-14-28(25,6)20(19)15-21(30)24(18)27/h17-25,30-33H,8-16H2,1-7H3/t18-,19+,20-,21+,22-,23-,24-,25-,27+,28+,29-/m0/s1. The van der Waals surface area contributed by atoms with Gasteiger partial charge in [0.15, 0.2) is 0 Å². The van der Waals surface area contributed by atoms with Crippen LogP contribution in [0.1, 0.15) is 106 Å². The summed E-state index contributed by atoms with van der Waals surface area (Å²) in [5.41, 5.74) is -1.19. The van der Waals surface area contributed by atoms with E-state index in [0.29, 0.717) is 17.8 Å². The number of rotatable bonds is 5. The van der Waals surface area contributed by atoms with Crippen molar-refractivity contribution in [2.45, 2.75) is 130 Å². The maximum absolute atomic E-state index is 11.7. The number of aliphatic hydroxyl groups excluding tert-OH is 3. The fourth-order valence-electron chi connectivity index (χ4n) is 10.1. The summed E-state index contributed by atoms with van der Waals surface area (Å²) >= 11 is 0. The minimum absolute atomic E-state index is 0.0514. The Morgan fingerprint density at radius 1 is 0.879 bits per heavy atom. The van der Waals surface area contributed by atoms with E-state index in [0.717, 1.165) is 57.8 Å². The lowest BCUT2D eigenvalue weighted by molar-refractivity contribution is -0.241. The first-order valence-corrected chi connectivity index (χ1v) is 13.9. The highest BCUT2D eigenvalue weighted by Crippen LogP contribution is 2.71. The van der Waals surface area contributed by atoms with Crippen molar-refractivity contribution in [3.8, 4) is 0 Å². The van der Waals surface area contributed by atoms with Crippen molar-refractivity contribution in [2.24, 2.45) is 51.8 Å². The predicted octanol–water partition coefficient (Wildman–Crippen LogP) is 5.16. The maximum atomic E-state index is 11.7. The van der Waals surface area contributed by atoms with Crippen molar-refractivity contribution in [2.75, 3.05) is 0 Å². The molecule has 4 nitrogen and oxygen atoms in total. The zero-order valence-corrected chi connectivity index (χ0v) is 22.3. The fraction of sp³-hybridized carbons (Fsp3) is 1.00. The van der Waals surface area contributed by atoms with Gasteiger partial charge in [0.2, 0.25) is 0 Å². The van der Waals surface area contributed by atoms with Gasteiger partial charge in [-0.05, 0) is 104 Å². The van der Waals surface area contributed by atoms with Crippen LogP contribution in [0.4, 0.5) is 0 Å². The molecule has 0 unspecified atom stereocenters. The second-order valence-corrected chi connectivity index (χ2v) is 14.5. The van der Waals surface area contributed by atoms with Crippen LogP contribution in [0.3, 0.4) is 0 Å². The van der Waals surface area contributed by atoms with Gasteiger partial charge in [-0.1, -0.05) is 54.4 Å². The first-order valence-electron chi connectivity index (χ1n) is 13.9. The summed E-state index contributed by atoms with van der Waals surface area (Å²) < 4.78 is 0. The summed E-state index contributed by atoms with van der Waals surface area (Å²) in [6.07, 6.45) is 7.00. The van der Waals surface area contributed by atoms with Crippen molar-refractivity contribution in [3.63, 3.8) is 0 Å². The monoisotopic (exact) mass is 464 g/mol. The third kappa shape index (κ3) is 3.94. The maximum Gasteiger partial charge on any atom is 0.0651 e. The molecule has 0 amide bonds. The average Bonchev–Trinajstić information content (AvgIpc) is 3.06. The van der Waals surface area contributed by atoms with Crippen molar-refractivity contribution in [3.05, 3.63) is 0 Å². The quantitative estimate of drug-likeness (QED) is 0.453. The van der Waals surface area contributed by atoms with Gasteiger partial charge in [-0.25, -0.2) is 0 Å². The Labute approximate surface area is 202 Å². The molecule has 0 saturated heterocycles. The molecule has 0 aromatic carbocycles. The van der Waals surface area contributed by atoms with E-state index in [1.807, 2.05) is 6.92 Å². The predicted molar refractivity (Wildman–Crippen MR) is 132 cm³/mol. The topological polar surface area (TPSA) is 80.9 Å². The minimum Gasteiger partial charge on any atom is -0.393 e. The molecule has 4 saturated carbocycles. The van der Waals surface area contributed by atoms with Gasteiger partial charge in [0.1, 0.15) is 0 Å². The molecule has 4 aliphatic carbocycles. The largest absolute Gasteiger partial charge is 0.393 e. The molecule has 4 N–H and O–H groups in total. The van der Waals surface area contributed by atoms with E-state index in [2.05, 4.69) is 41.5 Å². The van der Waals surface area contributed by atoms with Gasteiger partial charge in [0.25, 0.3) is 0 Å². The molecule has 33 heavy (non-hydrogen) atoms. The second kappa shape index (κ2) is 8.46. The first-order chi connectivity index (χ1) is 15.2. The molecule has 0 aromatic rings. The molecule has 0 aliphatic heterocycles. The van der Waals surface area contributed by atoms with Crippen molar-refractivity contribution in [1.82, 2.24) is 0 Å². The Kier molecular flexibility index (Phi) is 6.64. The van der Waals surface area contributed by atoms with Gasteiger partial charge >= 0.3 is 0 Å². The van der Waals surface area contributed by atoms with Gasteiger partial charge in [-0.15, -0.1) is 0 Å². The van der Waals surface area contributed by atoms with Crippen LogP contribution in [-0.2, 0) is 0 Å². The molecule has 4 aliphatic rings. The third-order valence-electron chi connectivity index (χ3n) is 11.7. The van der Waals surface area contributed by atoms with E-state index in [9.17, 15) is 20.4 Å². The van der Waals surface area contributed by atoms with Crippen LogP contribution in [0.5, 0.6) is 0 Å². The van der Waals surface area contributed by atoms with E-state index < -0.39 is 17.8 Å². The fourth-order valence-corrected chi connectivity index (χ4v) is 10.1. The van der Waals surface area contributed by atoms with Crippen LogP contribution < -0.4 is 0 Å². The van der Waals surface area contributed by atoms with E-state index in [4.69, 9.17) is 0 Å². The highest BCUT2D eigenvalue weighted by molar-refractivity contribution is 5.17. The second-order valence-electron chi connectivity index (χ2n) is 14.5. The van der Waals surface area contributed by atoms with Gasteiger partial charge in [0.05, 0.1) is 23.9 Å². The Morgan fingerprint density at radius 3 is 2.09 bits per heavy atom. The minimum atomic E-state index is -0.748. The van der Waals surface area contributed by atoms with Crippen LogP contribution in [0.25, 0.3) is 0 Å². The average molecular weight is 465 g/mol. The smallest absolute Gasteiger partial charge is 0.0651 e. The Bertz CT molecular complexity index is 716. The number of hydrogen-bond donors (Lipinski definition) is 4. The number of hydrogen-bond acceptors (Lipinski definition) is 4. The van der Waals surface area contributed by atoms with Crippen molar-refractivity contribution < 1.29 is 20.4 Å². The molecule has 0 heterocycles. The molecule has 0 aromatic heterocycles. The third-order valence-corrected chi connectivity index (χ3v) is 11.7. The van der Waals surface area contributed by atoms with Crippen molar-refractivity contribution in [1.29, 1.82) is 0 Å². The highest BCUT2D eigenvalue weighted by atomic mass is 16.3. The molecule has 0 spiro atoms. The molecule has 4 heteroatoms. The van der Waals surface area contributed by atoms with Crippen molar-refractivity contribution >= 4 is 0 Å². The Morgan fingerprint density at radius 2 is 1.45 bits per heavy atom. The van der Waals surface area contributed by atoms with Crippen LogP contribution in [0.2, 0.25) is 0 Å². The van der Waals surface area contributed by atoms with Crippen LogP contribution >= 0.6 is 0 Å². The first kappa shape index (κ1) is 25.9. The Hall–Kier alpha value is -0.160. The lowest BCUT2D eigenvalue weighted by Crippen LogP contribution is -2.66. The van der Waals surface area contributed by atoms with E-state index in [1.54, 1.807) is 0 Å². The molecule has 0 bridgehead atoms. The zero-order valence-electron chi connectivity index (χ0n) is 22.3. The molecular weight excluding hydrogens is 412 g/mol. The van der Waals surface area contributed by atoms with Crippen LogP contribution in [0.15, 0.2) is 0 Å². The normalized spacial score (nSPS) is 50.9. The summed E-state index contributed by atoms with van der Waals surface area (Å²) in [7, 11) is 0. The summed E-state index contributed by atoms with van der Waals surface area (Å²) in [6, 6.07) is 0. The molecule has 0 radical (unpaired) electrons. The van der Waals surface area contributed by atoms with Gasteiger partial charge in [-0.3, -0.25) is 0 Å². The zero-order chi connectivity index (χ0) is 24.6. The summed E-state index contributed by atoms with van der Waals surface area (Å²) in [6.45, 7) is 15.5. The highest BCUT2D eigenvalue weighted by Gasteiger charge is 2.68. The SMILES string of the molecule is CC(C)CCC[C@](C)(O)[C@H]1CC[C@@]2(C)[C@@H]1[C@H](O)C[C@H]1[C@H]2C[C@H](O)[C@H]2C(C)(C)[C@@H](O)CC[C@]12C. The number of aliphatic hydroxyl groups is 4. The Balaban J connectivity index is 1.62.